The molecule has 0 aliphatic carbocycles. The maximum atomic E-state index is 13.1. The van der Waals surface area contributed by atoms with E-state index in [9.17, 15) is 9.18 Å². The largest absolute Gasteiger partial charge is 0.486 e. The lowest BCUT2D eigenvalue weighted by atomic mass is 10.1. The van der Waals surface area contributed by atoms with Crippen molar-refractivity contribution in [3.05, 3.63) is 47.8 Å². The predicted molar refractivity (Wildman–Crippen MR) is 76.2 cm³/mol. The molecule has 0 atom stereocenters. The lowest BCUT2D eigenvalue weighted by Gasteiger charge is -2.18. The highest BCUT2D eigenvalue weighted by Gasteiger charge is 2.15. The fourth-order valence-corrected chi connectivity index (χ4v) is 2.01. The summed E-state index contributed by atoms with van der Waals surface area (Å²) in [6.07, 6.45) is 0. The molecule has 108 valence electrons. The van der Waals surface area contributed by atoms with Gasteiger partial charge in [-0.25, -0.2) is 4.39 Å². The van der Waals surface area contributed by atoms with E-state index in [1.165, 1.54) is 18.2 Å². The van der Waals surface area contributed by atoms with Gasteiger partial charge in [-0.3, -0.25) is 4.79 Å². The Morgan fingerprint density at radius 1 is 1.10 bits per heavy atom. The average molecular weight is 288 g/mol. The van der Waals surface area contributed by atoms with E-state index in [0.29, 0.717) is 36.0 Å². The first-order chi connectivity index (χ1) is 10.1. The predicted octanol–water partition coefficient (Wildman–Crippen LogP) is 2.43. The van der Waals surface area contributed by atoms with Crippen molar-refractivity contribution in [2.75, 3.05) is 24.3 Å². The van der Waals surface area contributed by atoms with E-state index in [2.05, 4.69) is 5.32 Å². The number of anilines is 2. The molecule has 0 fully saturated rings. The van der Waals surface area contributed by atoms with Gasteiger partial charge in [-0.15, -0.1) is 0 Å². The number of carbonyl (C=O) groups excluding carboxylic acids is 1. The standard InChI is InChI=1S/C15H13FN2O3/c16-11-3-2-10(8-12(11)17)18-15(19)9-1-4-13-14(7-9)21-6-5-20-13/h1-4,7-8H,5-6,17H2,(H,18,19). The number of fused-ring (bicyclic) bond motifs is 1. The SMILES string of the molecule is Nc1cc(NC(=O)c2ccc3c(c2)OCCO3)ccc1F. The van der Waals surface area contributed by atoms with Gasteiger partial charge < -0.3 is 20.5 Å². The summed E-state index contributed by atoms with van der Waals surface area (Å²) in [4.78, 5) is 12.2. The molecule has 3 rings (SSSR count). The summed E-state index contributed by atoms with van der Waals surface area (Å²) in [5.41, 5.74) is 6.29. The second-order valence-electron chi connectivity index (χ2n) is 4.55. The van der Waals surface area contributed by atoms with Gasteiger partial charge in [0, 0.05) is 11.3 Å². The van der Waals surface area contributed by atoms with Crippen LogP contribution in [0, 0.1) is 5.82 Å². The molecule has 1 amide bonds. The molecule has 0 saturated heterocycles. The molecule has 1 aliphatic heterocycles. The quantitative estimate of drug-likeness (QED) is 0.832. The van der Waals surface area contributed by atoms with Crippen LogP contribution in [-0.2, 0) is 0 Å². The highest BCUT2D eigenvalue weighted by atomic mass is 19.1. The van der Waals surface area contributed by atoms with E-state index in [1.54, 1.807) is 18.2 Å². The van der Waals surface area contributed by atoms with Gasteiger partial charge in [-0.1, -0.05) is 0 Å². The van der Waals surface area contributed by atoms with Crippen LogP contribution in [0.1, 0.15) is 10.4 Å². The van der Waals surface area contributed by atoms with Gasteiger partial charge in [0.1, 0.15) is 19.0 Å². The lowest BCUT2D eigenvalue weighted by Crippen LogP contribution is -2.17. The first-order valence-electron chi connectivity index (χ1n) is 6.39. The molecule has 0 bridgehead atoms. The molecule has 1 aliphatic rings. The Bertz CT molecular complexity index is 703. The van der Waals surface area contributed by atoms with Crippen molar-refractivity contribution in [3.63, 3.8) is 0 Å². The van der Waals surface area contributed by atoms with Crippen LogP contribution in [0.2, 0.25) is 0 Å². The molecule has 0 aromatic heterocycles. The van der Waals surface area contributed by atoms with E-state index in [1.807, 2.05) is 0 Å². The zero-order valence-electron chi connectivity index (χ0n) is 11.1. The molecule has 21 heavy (non-hydrogen) atoms. The number of benzene rings is 2. The molecule has 0 radical (unpaired) electrons. The van der Waals surface area contributed by atoms with Gasteiger partial charge in [-0.2, -0.15) is 0 Å². The second-order valence-corrected chi connectivity index (χ2v) is 4.55. The molecular weight excluding hydrogens is 275 g/mol. The van der Waals surface area contributed by atoms with Gasteiger partial charge >= 0.3 is 0 Å². The number of hydrogen-bond acceptors (Lipinski definition) is 4. The smallest absolute Gasteiger partial charge is 0.255 e. The van der Waals surface area contributed by atoms with Crippen LogP contribution in [0.5, 0.6) is 11.5 Å². The van der Waals surface area contributed by atoms with Crippen molar-refractivity contribution < 1.29 is 18.7 Å². The number of ether oxygens (including phenoxy) is 2. The van der Waals surface area contributed by atoms with Gasteiger partial charge in [0.05, 0.1) is 5.69 Å². The molecule has 6 heteroatoms. The van der Waals surface area contributed by atoms with E-state index in [4.69, 9.17) is 15.2 Å². The molecule has 2 aromatic rings. The Labute approximate surface area is 120 Å². The van der Waals surface area contributed by atoms with Crippen LogP contribution >= 0.6 is 0 Å². The number of carbonyl (C=O) groups is 1. The summed E-state index contributed by atoms with van der Waals surface area (Å²) >= 11 is 0. The van der Waals surface area contributed by atoms with E-state index in [0.717, 1.165) is 0 Å². The Morgan fingerprint density at radius 2 is 1.86 bits per heavy atom. The van der Waals surface area contributed by atoms with Crippen LogP contribution in [0.4, 0.5) is 15.8 Å². The van der Waals surface area contributed by atoms with Crippen molar-refractivity contribution in [3.8, 4) is 11.5 Å². The van der Waals surface area contributed by atoms with Crippen LogP contribution in [0.25, 0.3) is 0 Å². The molecule has 0 spiro atoms. The van der Waals surface area contributed by atoms with Crippen molar-refractivity contribution in [1.82, 2.24) is 0 Å². The average Bonchev–Trinajstić information content (AvgIpc) is 2.50. The number of halogens is 1. The van der Waals surface area contributed by atoms with Gasteiger partial charge in [-0.05, 0) is 36.4 Å². The van der Waals surface area contributed by atoms with Crippen molar-refractivity contribution in [1.29, 1.82) is 0 Å². The van der Waals surface area contributed by atoms with Gasteiger partial charge in [0.15, 0.2) is 11.5 Å². The summed E-state index contributed by atoms with van der Waals surface area (Å²) in [7, 11) is 0. The molecule has 0 saturated carbocycles. The maximum absolute atomic E-state index is 13.1. The monoisotopic (exact) mass is 288 g/mol. The molecule has 1 heterocycles. The minimum absolute atomic E-state index is 0.0185. The zero-order valence-corrected chi connectivity index (χ0v) is 11.1. The highest BCUT2D eigenvalue weighted by Crippen LogP contribution is 2.31. The Morgan fingerprint density at radius 3 is 2.62 bits per heavy atom. The van der Waals surface area contributed by atoms with E-state index >= 15 is 0 Å². The van der Waals surface area contributed by atoms with Crippen molar-refractivity contribution in [2.45, 2.75) is 0 Å². The second kappa shape index (κ2) is 5.32. The minimum atomic E-state index is -0.521. The van der Waals surface area contributed by atoms with Gasteiger partial charge in [0.2, 0.25) is 0 Å². The minimum Gasteiger partial charge on any atom is -0.486 e. The van der Waals surface area contributed by atoms with Crippen LogP contribution in [-0.4, -0.2) is 19.1 Å². The molecule has 3 N–H and O–H groups in total. The summed E-state index contributed by atoms with van der Waals surface area (Å²) in [5.74, 6) is 0.293. The fourth-order valence-electron chi connectivity index (χ4n) is 2.01. The van der Waals surface area contributed by atoms with E-state index in [-0.39, 0.29) is 11.6 Å². The van der Waals surface area contributed by atoms with Crippen LogP contribution in [0.15, 0.2) is 36.4 Å². The normalized spacial score (nSPS) is 12.8. The summed E-state index contributed by atoms with van der Waals surface area (Å²) in [6.45, 7) is 0.944. The molecular formula is C15H13FN2O3. The zero-order chi connectivity index (χ0) is 14.8. The molecule has 2 aromatic carbocycles. The number of nitrogens with one attached hydrogen (secondary N) is 1. The maximum Gasteiger partial charge on any atom is 0.255 e. The Hall–Kier alpha value is -2.76. The third-order valence-electron chi connectivity index (χ3n) is 3.06. The third kappa shape index (κ3) is 2.74. The Kier molecular flexibility index (Phi) is 3.35. The summed E-state index contributed by atoms with van der Waals surface area (Å²) in [6, 6.07) is 8.94. The fraction of sp³-hybridized carbons (Fsp3) is 0.133. The first-order valence-corrected chi connectivity index (χ1v) is 6.39. The summed E-state index contributed by atoms with van der Waals surface area (Å²) in [5, 5.41) is 2.65. The first kappa shape index (κ1) is 13.2. The Balaban J connectivity index is 1.80. The number of hydrogen-bond donors (Lipinski definition) is 2. The molecule has 5 nitrogen and oxygen atoms in total. The lowest BCUT2D eigenvalue weighted by molar-refractivity contribution is 0.102. The highest BCUT2D eigenvalue weighted by molar-refractivity contribution is 6.04. The third-order valence-corrected chi connectivity index (χ3v) is 3.06. The summed E-state index contributed by atoms with van der Waals surface area (Å²) < 4.78 is 23.9. The van der Waals surface area contributed by atoms with Gasteiger partial charge in [0.25, 0.3) is 5.91 Å². The number of amides is 1. The van der Waals surface area contributed by atoms with Crippen LogP contribution in [0.3, 0.4) is 0 Å². The van der Waals surface area contributed by atoms with Crippen LogP contribution < -0.4 is 20.5 Å². The van der Waals surface area contributed by atoms with E-state index < -0.39 is 5.82 Å². The molecule has 0 unspecified atom stereocenters. The van der Waals surface area contributed by atoms with Crippen molar-refractivity contribution in [2.24, 2.45) is 0 Å². The number of rotatable bonds is 2. The number of nitrogen functional groups attached to an aromatic ring is 1. The topological polar surface area (TPSA) is 73.6 Å². The number of nitrogens with two attached hydrogens (primary N) is 1. The van der Waals surface area contributed by atoms with Crippen molar-refractivity contribution >= 4 is 17.3 Å².